The van der Waals surface area contributed by atoms with Crippen LogP contribution in [0.4, 0.5) is 5.69 Å². The average molecular weight is 286 g/mol. The first-order valence-electron chi connectivity index (χ1n) is 8.19. The smallest absolute Gasteiger partial charge is 0.234 e. The van der Waals surface area contributed by atoms with Gasteiger partial charge in [0.05, 0.1) is 5.41 Å². The van der Waals surface area contributed by atoms with E-state index in [1.165, 1.54) is 5.56 Å². The number of carbonyl (C=O) groups is 1. The van der Waals surface area contributed by atoms with Crippen LogP contribution in [0.1, 0.15) is 45.1 Å². The molecular weight excluding hydrogens is 260 g/mol. The van der Waals surface area contributed by atoms with Crippen molar-refractivity contribution in [2.45, 2.75) is 52.0 Å². The molecule has 1 aromatic rings. The lowest BCUT2D eigenvalue weighted by Gasteiger charge is -2.41. The maximum Gasteiger partial charge on any atom is 0.234 e. The van der Waals surface area contributed by atoms with E-state index in [1.807, 2.05) is 11.0 Å². The Kier molecular flexibility index (Phi) is 3.78. The van der Waals surface area contributed by atoms with Crippen molar-refractivity contribution in [3.8, 4) is 0 Å². The van der Waals surface area contributed by atoms with Crippen LogP contribution in [0.3, 0.4) is 0 Å². The summed E-state index contributed by atoms with van der Waals surface area (Å²) in [7, 11) is 0. The van der Waals surface area contributed by atoms with Crippen molar-refractivity contribution in [2.75, 3.05) is 11.4 Å². The summed E-state index contributed by atoms with van der Waals surface area (Å²) in [6.45, 7) is 4.90. The van der Waals surface area contributed by atoms with E-state index in [2.05, 4.69) is 32.0 Å². The minimum absolute atomic E-state index is 0.248. The molecule has 21 heavy (non-hydrogen) atoms. The quantitative estimate of drug-likeness (QED) is 0.908. The van der Waals surface area contributed by atoms with Crippen LogP contribution < -0.4 is 10.6 Å². The van der Waals surface area contributed by atoms with E-state index in [0.717, 1.165) is 43.7 Å². The Morgan fingerprint density at radius 1 is 1.29 bits per heavy atom. The number of nitrogens with zero attached hydrogens (tertiary/aromatic N) is 1. The Morgan fingerprint density at radius 3 is 2.62 bits per heavy atom. The summed E-state index contributed by atoms with van der Waals surface area (Å²) < 4.78 is 0. The average Bonchev–Trinajstić information content (AvgIpc) is 2.83. The molecule has 1 aliphatic carbocycles. The van der Waals surface area contributed by atoms with Gasteiger partial charge in [-0.3, -0.25) is 4.79 Å². The molecule has 3 rings (SSSR count). The Labute approximate surface area is 127 Å². The molecule has 1 fully saturated rings. The minimum atomic E-state index is -0.335. The standard InChI is InChI=1S/C18H26N2O/c1-13-7-9-18(12-19,10-8-13)17(21)20-14(2)11-15-5-3-4-6-16(15)20/h3-6,13-14H,7-12,19H2,1-2H3. The molecule has 1 heterocycles. The first kappa shape index (κ1) is 14.6. The first-order chi connectivity index (χ1) is 10.1. The largest absolute Gasteiger partial charge is 0.329 e. The molecule has 0 bridgehead atoms. The Balaban J connectivity index is 1.91. The predicted octanol–water partition coefficient (Wildman–Crippen LogP) is 3.12. The van der Waals surface area contributed by atoms with Crippen molar-refractivity contribution in [3.63, 3.8) is 0 Å². The van der Waals surface area contributed by atoms with Crippen LogP contribution >= 0.6 is 0 Å². The van der Waals surface area contributed by atoms with Crippen molar-refractivity contribution in [2.24, 2.45) is 17.1 Å². The molecule has 1 aliphatic heterocycles. The number of hydrogen-bond acceptors (Lipinski definition) is 2. The van der Waals surface area contributed by atoms with Gasteiger partial charge in [-0.25, -0.2) is 0 Å². The summed E-state index contributed by atoms with van der Waals surface area (Å²) in [6, 6.07) is 8.54. The molecule has 1 aromatic carbocycles. The van der Waals surface area contributed by atoms with Gasteiger partial charge in [0.15, 0.2) is 0 Å². The summed E-state index contributed by atoms with van der Waals surface area (Å²) in [4.78, 5) is 15.3. The van der Waals surface area contributed by atoms with Crippen molar-refractivity contribution in [3.05, 3.63) is 29.8 Å². The summed E-state index contributed by atoms with van der Waals surface area (Å²) in [5, 5.41) is 0. The third kappa shape index (κ3) is 2.38. The number of hydrogen-bond donors (Lipinski definition) is 1. The highest BCUT2D eigenvalue weighted by Gasteiger charge is 2.45. The van der Waals surface area contributed by atoms with Crippen LogP contribution in [0.2, 0.25) is 0 Å². The summed E-state index contributed by atoms with van der Waals surface area (Å²) in [5.41, 5.74) is 8.12. The van der Waals surface area contributed by atoms with Crippen molar-refractivity contribution < 1.29 is 4.79 Å². The van der Waals surface area contributed by atoms with Gasteiger partial charge in [0.2, 0.25) is 5.91 Å². The zero-order valence-corrected chi connectivity index (χ0v) is 13.1. The van der Waals surface area contributed by atoms with Gasteiger partial charge in [-0.2, -0.15) is 0 Å². The Morgan fingerprint density at radius 2 is 1.95 bits per heavy atom. The third-order valence-electron chi connectivity index (χ3n) is 5.50. The molecule has 0 radical (unpaired) electrons. The van der Waals surface area contributed by atoms with E-state index in [0.29, 0.717) is 6.54 Å². The van der Waals surface area contributed by atoms with E-state index < -0.39 is 0 Å². The second-order valence-electron chi connectivity index (χ2n) is 7.02. The van der Waals surface area contributed by atoms with E-state index in [1.54, 1.807) is 0 Å². The van der Waals surface area contributed by atoms with Crippen molar-refractivity contribution in [1.29, 1.82) is 0 Å². The summed E-state index contributed by atoms with van der Waals surface area (Å²) >= 11 is 0. The van der Waals surface area contributed by atoms with Crippen LogP contribution in [0.25, 0.3) is 0 Å². The fourth-order valence-corrected chi connectivity index (χ4v) is 3.95. The number of anilines is 1. The minimum Gasteiger partial charge on any atom is -0.329 e. The normalized spacial score (nSPS) is 32.0. The van der Waals surface area contributed by atoms with Gasteiger partial charge < -0.3 is 10.6 Å². The molecule has 114 valence electrons. The monoisotopic (exact) mass is 286 g/mol. The van der Waals surface area contributed by atoms with Crippen LogP contribution in [0.5, 0.6) is 0 Å². The Bertz CT molecular complexity index is 532. The van der Waals surface area contributed by atoms with E-state index in [-0.39, 0.29) is 17.4 Å². The van der Waals surface area contributed by atoms with Gasteiger partial charge in [-0.15, -0.1) is 0 Å². The molecule has 0 aromatic heterocycles. The second-order valence-corrected chi connectivity index (χ2v) is 7.02. The molecule has 1 unspecified atom stereocenters. The SMILES string of the molecule is CC1CCC(CN)(C(=O)N2c3ccccc3CC2C)CC1. The summed E-state index contributed by atoms with van der Waals surface area (Å²) in [6.07, 6.45) is 5.07. The second kappa shape index (κ2) is 5.45. The van der Waals surface area contributed by atoms with Gasteiger partial charge in [-0.05, 0) is 56.6 Å². The van der Waals surface area contributed by atoms with Gasteiger partial charge in [0.25, 0.3) is 0 Å². The molecule has 0 saturated heterocycles. The maximum absolute atomic E-state index is 13.3. The van der Waals surface area contributed by atoms with E-state index in [4.69, 9.17) is 5.73 Å². The molecule has 1 atom stereocenters. The molecule has 1 amide bonds. The third-order valence-corrected chi connectivity index (χ3v) is 5.50. The first-order valence-corrected chi connectivity index (χ1v) is 8.19. The highest BCUT2D eigenvalue weighted by Crippen LogP contribution is 2.43. The number of benzene rings is 1. The van der Waals surface area contributed by atoms with Crippen LogP contribution in [0, 0.1) is 11.3 Å². The zero-order valence-electron chi connectivity index (χ0n) is 13.1. The van der Waals surface area contributed by atoms with E-state index in [9.17, 15) is 4.79 Å². The lowest BCUT2D eigenvalue weighted by atomic mass is 9.70. The highest BCUT2D eigenvalue weighted by molar-refractivity contribution is 6.00. The molecule has 2 N–H and O–H groups in total. The predicted molar refractivity (Wildman–Crippen MR) is 86.2 cm³/mol. The number of para-hydroxylation sites is 1. The number of nitrogens with two attached hydrogens (primary N) is 1. The number of amides is 1. The molecule has 3 heteroatoms. The van der Waals surface area contributed by atoms with Crippen LogP contribution in [0.15, 0.2) is 24.3 Å². The fourth-order valence-electron chi connectivity index (χ4n) is 3.95. The zero-order chi connectivity index (χ0) is 15.0. The summed E-state index contributed by atoms with van der Waals surface area (Å²) in [5.74, 6) is 0.982. The molecule has 3 nitrogen and oxygen atoms in total. The van der Waals surface area contributed by atoms with Gasteiger partial charge in [0.1, 0.15) is 0 Å². The van der Waals surface area contributed by atoms with Gasteiger partial charge in [-0.1, -0.05) is 25.1 Å². The molecule has 0 spiro atoms. The molecule has 1 saturated carbocycles. The van der Waals surface area contributed by atoms with E-state index >= 15 is 0 Å². The van der Waals surface area contributed by atoms with Crippen LogP contribution in [-0.2, 0) is 11.2 Å². The topological polar surface area (TPSA) is 46.3 Å². The molecular formula is C18H26N2O. The fraction of sp³-hybridized carbons (Fsp3) is 0.611. The molecule has 2 aliphatic rings. The number of fused-ring (bicyclic) bond motifs is 1. The van der Waals surface area contributed by atoms with Gasteiger partial charge in [0, 0.05) is 18.3 Å². The lowest BCUT2D eigenvalue weighted by molar-refractivity contribution is -0.130. The maximum atomic E-state index is 13.3. The number of carbonyl (C=O) groups excluding carboxylic acids is 1. The Hall–Kier alpha value is -1.35. The lowest BCUT2D eigenvalue weighted by Crippen LogP contribution is -2.51. The van der Waals surface area contributed by atoms with Crippen LogP contribution in [-0.4, -0.2) is 18.5 Å². The van der Waals surface area contributed by atoms with Gasteiger partial charge >= 0.3 is 0 Å². The van der Waals surface area contributed by atoms with Crippen molar-refractivity contribution >= 4 is 11.6 Å². The highest BCUT2D eigenvalue weighted by atomic mass is 16.2. The number of rotatable bonds is 2. The van der Waals surface area contributed by atoms with Crippen molar-refractivity contribution in [1.82, 2.24) is 0 Å².